The first-order valence-electron chi connectivity index (χ1n) is 2.44. The van der Waals surface area contributed by atoms with Crippen molar-refractivity contribution in [3.63, 3.8) is 0 Å². The third kappa shape index (κ3) is 33.0. The van der Waals surface area contributed by atoms with Crippen molar-refractivity contribution in [1.82, 2.24) is 0 Å². The van der Waals surface area contributed by atoms with Crippen molar-refractivity contribution in [2.45, 2.75) is 7.43 Å². The topological polar surface area (TPSA) is 177 Å². The summed E-state index contributed by atoms with van der Waals surface area (Å²) in [6.07, 6.45) is -3.63. The molecule has 3 amide bonds. The summed E-state index contributed by atoms with van der Waals surface area (Å²) in [7, 11) is 0. The lowest BCUT2D eigenvalue weighted by Crippen LogP contribution is -2.20. The molecule has 10 heteroatoms. The Kier molecular flexibility index (Phi) is 13.7. The molecule has 14 heavy (non-hydrogen) atoms. The maximum Gasteiger partial charge on any atom is 0.448 e. The Bertz CT molecular complexity index is 179. The van der Waals surface area contributed by atoms with Gasteiger partial charge in [0.15, 0.2) is 0 Å². The van der Waals surface area contributed by atoms with Crippen LogP contribution in [0.4, 0.5) is 14.4 Å². The number of carbonyl (C=O) groups excluding carboxylic acids is 3. The van der Waals surface area contributed by atoms with Gasteiger partial charge >= 0.3 is 18.3 Å². The lowest BCUT2D eigenvalue weighted by Gasteiger charge is -1.92. The smallest absolute Gasteiger partial charge is 0.333 e. The summed E-state index contributed by atoms with van der Waals surface area (Å²) < 4.78 is 0. The first-order chi connectivity index (χ1) is 5.90. The van der Waals surface area contributed by atoms with Gasteiger partial charge in [-0.1, -0.05) is 7.43 Å². The van der Waals surface area contributed by atoms with Gasteiger partial charge in [-0.05, 0) is 0 Å². The van der Waals surface area contributed by atoms with Gasteiger partial charge in [0.1, 0.15) is 0 Å². The van der Waals surface area contributed by atoms with E-state index < -0.39 is 18.3 Å². The number of primary amides is 3. The van der Waals surface area contributed by atoms with Gasteiger partial charge in [0.05, 0.1) is 0 Å². The summed E-state index contributed by atoms with van der Waals surface area (Å²) in [5.74, 6) is 0. The van der Waals surface area contributed by atoms with E-state index in [0.29, 0.717) is 0 Å². The Hall–Kier alpha value is -2.23. The second-order valence-electron chi connectivity index (χ2n) is 1.22. The van der Waals surface area contributed by atoms with Crippen LogP contribution in [-0.4, -0.2) is 23.5 Å². The van der Waals surface area contributed by atoms with Crippen LogP contribution in [0.5, 0.6) is 0 Å². The summed E-state index contributed by atoms with van der Waals surface area (Å²) in [5, 5.41) is 7.17. The van der Waals surface area contributed by atoms with Crippen LogP contribution in [0.3, 0.4) is 0 Å². The zero-order chi connectivity index (χ0) is 10.9. The van der Waals surface area contributed by atoms with Crippen LogP contribution in [-0.2, 0) is 14.7 Å². The summed E-state index contributed by atoms with van der Waals surface area (Å²) in [6, 6.07) is 0. The van der Waals surface area contributed by atoms with Crippen LogP contribution in [0.2, 0.25) is 0 Å². The molecule has 10 nitrogen and oxygen atoms in total. The second-order valence-corrected chi connectivity index (χ2v) is 1.22. The number of nitrogens with two attached hydrogens (primary N) is 3. The molecule has 0 unspecified atom stereocenters. The molecular formula is C4H11N3O7. The van der Waals surface area contributed by atoms with E-state index in [1.807, 2.05) is 0 Å². The molecule has 0 heterocycles. The van der Waals surface area contributed by atoms with E-state index in [9.17, 15) is 9.59 Å². The van der Waals surface area contributed by atoms with Crippen LogP contribution < -0.4 is 17.2 Å². The molecule has 0 aliphatic carbocycles. The Morgan fingerprint density at radius 2 is 1.07 bits per heavy atom. The Morgan fingerprint density at radius 3 is 1.14 bits per heavy atom. The minimum atomic E-state index is -1.22. The fraction of sp³-hybridized carbons (Fsp3) is 0.250. The van der Waals surface area contributed by atoms with Gasteiger partial charge in [-0.15, -0.1) is 0 Å². The van der Waals surface area contributed by atoms with Gasteiger partial charge in [-0.3, -0.25) is 4.89 Å². The maximum absolute atomic E-state index is 9.57. The van der Waals surface area contributed by atoms with Crippen molar-refractivity contribution in [3.05, 3.63) is 0 Å². The number of amides is 3. The van der Waals surface area contributed by atoms with Crippen molar-refractivity contribution < 1.29 is 34.3 Å². The number of rotatable bonds is 0. The molecule has 7 N–H and O–H groups in total. The first kappa shape index (κ1) is 17.8. The van der Waals surface area contributed by atoms with Crippen LogP contribution in [0.25, 0.3) is 0 Å². The van der Waals surface area contributed by atoms with Crippen molar-refractivity contribution in [2.75, 3.05) is 0 Å². The minimum absolute atomic E-state index is 0. The van der Waals surface area contributed by atoms with Gasteiger partial charge in [0.2, 0.25) is 0 Å². The fourth-order valence-corrected chi connectivity index (χ4v) is 0.0821. The van der Waals surface area contributed by atoms with Crippen LogP contribution >= 0.6 is 0 Å². The van der Waals surface area contributed by atoms with Crippen LogP contribution in [0.1, 0.15) is 7.43 Å². The van der Waals surface area contributed by atoms with Gasteiger partial charge in [0, 0.05) is 0 Å². The quantitative estimate of drug-likeness (QED) is 0.303. The Labute approximate surface area is 78.3 Å². The summed E-state index contributed by atoms with van der Waals surface area (Å²) in [4.78, 5) is 38.1. The van der Waals surface area contributed by atoms with Crippen molar-refractivity contribution in [2.24, 2.45) is 17.2 Å². The molecule has 0 atom stereocenters. The molecule has 0 saturated heterocycles. The van der Waals surface area contributed by atoms with Crippen LogP contribution in [0.15, 0.2) is 0 Å². The molecule has 0 aliphatic rings. The van der Waals surface area contributed by atoms with E-state index in [4.69, 9.17) is 10.1 Å². The highest BCUT2D eigenvalue weighted by Gasteiger charge is 1.96. The maximum atomic E-state index is 9.57. The highest BCUT2D eigenvalue weighted by Crippen LogP contribution is 1.74. The van der Waals surface area contributed by atoms with Gasteiger partial charge in [-0.25, -0.2) is 24.2 Å². The molecule has 0 rings (SSSR count). The van der Waals surface area contributed by atoms with Crippen molar-refractivity contribution >= 4 is 18.3 Å². The lowest BCUT2D eigenvalue weighted by atomic mass is 11.3. The van der Waals surface area contributed by atoms with E-state index >= 15 is 0 Å². The van der Waals surface area contributed by atoms with E-state index in [0.717, 1.165) is 0 Å². The molecule has 0 aliphatic heterocycles. The predicted molar refractivity (Wildman–Crippen MR) is 41.4 cm³/mol. The number of carbonyl (C=O) groups is 3. The fourth-order valence-electron chi connectivity index (χ4n) is 0.0821. The monoisotopic (exact) mass is 213 g/mol. The highest BCUT2D eigenvalue weighted by atomic mass is 17.2. The molecule has 0 aromatic rings. The predicted octanol–water partition coefficient (Wildman–Crippen LogP) is -0.717. The van der Waals surface area contributed by atoms with E-state index in [1.165, 1.54) is 0 Å². The normalized spacial score (nSPS) is 6.64. The largest absolute Gasteiger partial charge is 0.448 e. The molecule has 84 valence electrons. The SMILES string of the molecule is C.NC(=O)OO.NC(=O)OOC(N)=O. The summed E-state index contributed by atoms with van der Waals surface area (Å²) >= 11 is 0. The lowest BCUT2D eigenvalue weighted by molar-refractivity contribution is -0.174. The van der Waals surface area contributed by atoms with Crippen molar-refractivity contribution in [3.8, 4) is 0 Å². The molecular weight excluding hydrogens is 202 g/mol. The highest BCUT2D eigenvalue weighted by molar-refractivity contribution is 5.68. The standard InChI is InChI=1S/C2H4N2O4.CH3NO3.CH4/c3-1(5)7-8-2(4)6;2-1(3)5-4;/h(H2,3,5)(H2,4,6);4H,(H2,2,3);1H4. The van der Waals surface area contributed by atoms with Gasteiger partial charge in [-0.2, -0.15) is 5.26 Å². The van der Waals surface area contributed by atoms with E-state index in [1.54, 1.807) is 0 Å². The van der Waals surface area contributed by atoms with E-state index in [2.05, 4.69) is 31.9 Å². The first-order valence-corrected chi connectivity index (χ1v) is 2.44. The average molecular weight is 213 g/mol. The average Bonchev–Trinajstić information content (AvgIpc) is 2.02. The van der Waals surface area contributed by atoms with Crippen molar-refractivity contribution in [1.29, 1.82) is 0 Å². The zero-order valence-electron chi connectivity index (χ0n) is 6.13. The number of hydrogen-bond donors (Lipinski definition) is 4. The minimum Gasteiger partial charge on any atom is -0.333 e. The third-order valence-electron chi connectivity index (χ3n) is 0.296. The van der Waals surface area contributed by atoms with E-state index in [-0.39, 0.29) is 7.43 Å². The molecule has 0 aromatic heterocycles. The Morgan fingerprint density at radius 1 is 0.857 bits per heavy atom. The molecule has 0 saturated carbocycles. The second kappa shape index (κ2) is 10.8. The summed E-state index contributed by atoms with van der Waals surface area (Å²) in [5.41, 5.74) is 12.9. The zero-order valence-corrected chi connectivity index (χ0v) is 6.13. The Balaban J connectivity index is -0.000000177. The molecule has 0 spiro atoms. The molecule has 0 aromatic carbocycles. The van der Waals surface area contributed by atoms with Gasteiger partial charge in [0.25, 0.3) is 0 Å². The summed E-state index contributed by atoms with van der Waals surface area (Å²) in [6.45, 7) is 0. The molecule has 0 fully saturated rings. The molecule has 0 bridgehead atoms. The number of hydrogen-bond acceptors (Lipinski definition) is 7. The van der Waals surface area contributed by atoms with Gasteiger partial charge < -0.3 is 17.2 Å². The van der Waals surface area contributed by atoms with Crippen LogP contribution in [0, 0.1) is 0 Å². The third-order valence-corrected chi connectivity index (χ3v) is 0.296. The molecule has 0 radical (unpaired) electrons.